The van der Waals surface area contributed by atoms with E-state index >= 15 is 0 Å². The van der Waals surface area contributed by atoms with Crippen molar-refractivity contribution >= 4 is 6.29 Å². The van der Waals surface area contributed by atoms with Gasteiger partial charge >= 0.3 is 0 Å². The summed E-state index contributed by atoms with van der Waals surface area (Å²) in [5, 5.41) is 0. The molecule has 0 amide bonds. The Hall–Kier alpha value is -0.850. The molecule has 0 heterocycles. The van der Waals surface area contributed by atoms with Crippen LogP contribution < -0.4 is 0 Å². The van der Waals surface area contributed by atoms with Crippen molar-refractivity contribution in [3.8, 4) is 0 Å². The molecule has 1 nitrogen and oxygen atoms in total. The van der Waals surface area contributed by atoms with Crippen LogP contribution in [0.2, 0.25) is 0 Å². The van der Waals surface area contributed by atoms with E-state index in [-0.39, 0.29) is 0 Å². The Morgan fingerprint density at radius 3 is 2.81 bits per heavy atom. The lowest BCUT2D eigenvalue weighted by Crippen LogP contribution is -2.32. The molecule has 0 bridgehead atoms. The summed E-state index contributed by atoms with van der Waals surface area (Å²) in [5.74, 6) is 2.74. The maximum absolute atomic E-state index is 10.9. The Bertz CT molecular complexity index is 335. The molecule has 0 aromatic heterocycles. The Labute approximate surface area is 98.6 Å². The smallest absolute Gasteiger partial charge is 0.145 e. The SMILES string of the molecule is CC1=CCC(C(C)C)C2C=C(C=O)CCC12. The fourth-order valence-corrected chi connectivity index (χ4v) is 3.36. The zero-order valence-corrected chi connectivity index (χ0v) is 10.6. The molecule has 0 fully saturated rings. The number of hydrogen-bond acceptors (Lipinski definition) is 1. The minimum Gasteiger partial charge on any atom is -0.298 e. The highest BCUT2D eigenvalue weighted by Crippen LogP contribution is 2.44. The molecule has 0 N–H and O–H groups in total. The van der Waals surface area contributed by atoms with Crippen molar-refractivity contribution in [1.82, 2.24) is 0 Å². The first-order chi connectivity index (χ1) is 7.63. The second-order valence-electron chi connectivity index (χ2n) is 5.67. The summed E-state index contributed by atoms with van der Waals surface area (Å²) >= 11 is 0. The molecular formula is C15H22O. The van der Waals surface area contributed by atoms with Crippen LogP contribution in [0, 0.1) is 23.7 Å². The van der Waals surface area contributed by atoms with E-state index in [9.17, 15) is 4.79 Å². The average molecular weight is 218 g/mol. The van der Waals surface area contributed by atoms with E-state index < -0.39 is 0 Å². The van der Waals surface area contributed by atoms with Crippen molar-refractivity contribution in [2.75, 3.05) is 0 Å². The molecule has 3 atom stereocenters. The minimum absolute atomic E-state index is 0.610. The van der Waals surface area contributed by atoms with Gasteiger partial charge in [-0.25, -0.2) is 0 Å². The summed E-state index contributed by atoms with van der Waals surface area (Å²) in [6.45, 7) is 6.87. The standard InChI is InChI=1S/C15H22O/c1-10(2)13-6-4-11(3)14-7-5-12(9-16)8-15(13)14/h4,8-10,13-15H,5-7H2,1-3H3. The molecule has 1 heteroatoms. The minimum atomic E-state index is 0.610. The van der Waals surface area contributed by atoms with Crippen molar-refractivity contribution in [3.05, 3.63) is 23.3 Å². The van der Waals surface area contributed by atoms with Crippen LogP contribution in [0.1, 0.15) is 40.0 Å². The molecule has 2 aliphatic rings. The molecule has 0 saturated carbocycles. The third-order valence-electron chi connectivity index (χ3n) is 4.41. The third-order valence-corrected chi connectivity index (χ3v) is 4.41. The van der Waals surface area contributed by atoms with Crippen LogP contribution in [0.4, 0.5) is 0 Å². The van der Waals surface area contributed by atoms with Crippen LogP contribution in [0.15, 0.2) is 23.3 Å². The lowest BCUT2D eigenvalue weighted by Gasteiger charge is -2.40. The summed E-state index contributed by atoms with van der Waals surface area (Å²) in [6, 6.07) is 0. The molecule has 0 aromatic carbocycles. The topological polar surface area (TPSA) is 17.1 Å². The number of carbonyl (C=O) groups excluding carboxylic acids is 1. The maximum Gasteiger partial charge on any atom is 0.145 e. The molecule has 88 valence electrons. The quantitative estimate of drug-likeness (QED) is 0.509. The molecule has 0 aromatic rings. The largest absolute Gasteiger partial charge is 0.298 e. The van der Waals surface area contributed by atoms with E-state index in [0.29, 0.717) is 17.8 Å². The van der Waals surface area contributed by atoms with Crippen LogP contribution in [-0.4, -0.2) is 6.29 Å². The number of hydrogen-bond donors (Lipinski definition) is 0. The van der Waals surface area contributed by atoms with Crippen molar-refractivity contribution in [2.24, 2.45) is 23.7 Å². The summed E-state index contributed by atoms with van der Waals surface area (Å²) in [4.78, 5) is 10.9. The summed E-state index contributed by atoms with van der Waals surface area (Å²) < 4.78 is 0. The Morgan fingerprint density at radius 1 is 1.44 bits per heavy atom. The van der Waals surface area contributed by atoms with Gasteiger partial charge in [-0.15, -0.1) is 0 Å². The number of fused-ring (bicyclic) bond motifs is 1. The van der Waals surface area contributed by atoms with Gasteiger partial charge in [0.2, 0.25) is 0 Å². The van der Waals surface area contributed by atoms with Gasteiger partial charge in [0.25, 0.3) is 0 Å². The van der Waals surface area contributed by atoms with Gasteiger partial charge in [-0.05, 0) is 55.4 Å². The van der Waals surface area contributed by atoms with Gasteiger partial charge in [0.1, 0.15) is 6.29 Å². The number of aldehydes is 1. The first-order valence-electron chi connectivity index (χ1n) is 6.46. The predicted molar refractivity (Wildman–Crippen MR) is 67.1 cm³/mol. The van der Waals surface area contributed by atoms with Gasteiger partial charge in [0, 0.05) is 0 Å². The fraction of sp³-hybridized carbons (Fsp3) is 0.667. The van der Waals surface area contributed by atoms with Crippen molar-refractivity contribution < 1.29 is 4.79 Å². The molecule has 2 aliphatic carbocycles. The second kappa shape index (κ2) is 4.57. The van der Waals surface area contributed by atoms with E-state index in [1.165, 1.54) is 12.8 Å². The lowest BCUT2D eigenvalue weighted by molar-refractivity contribution is -0.105. The molecular weight excluding hydrogens is 196 g/mol. The first kappa shape index (κ1) is 11.6. The monoisotopic (exact) mass is 218 g/mol. The van der Waals surface area contributed by atoms with Crippen LogP contribution in [0.3, 0.4) is 0 Å². The molecule has 0 saturated heterocycles. The van der Waals surface area contributed by atoms with Gasteiger partial charge in [-0.2, -0.15) is 0 Å². The van der Waals surface area contributed by atoms with Crippen LogP contribution in [0.25, 0.3) is 0 Å². The Morgan fingerprint density at radius 2 is 2.19 bits per heavy atom. The maximum atomic E-state index is 10.9. The molecule has 0 radical (unpaired) electrons. The van der Waals surface area contributed by atoms with Gasteiger partial charge in [-0.3, -0.25) is 4.79 Å². The first-order valence-corrected chi connectivity index (χ1v) is 6.46. The third kappa shape index (κ3) is 2.00. The Balaban J connectivity index is 2.30. The highest BCUT2D eigenvalue weighted by atomic mass is 16.1. The van der Waals surface area contributed by atoms with E-state index in [1.54, 1.807) is 5.57 Å². The van der Waals surface area contributed by atoms with E-state index in [1.807, 2.05) is 0 Å². The normalized spacial score (nSPS) is 34.1. The van der Waals surface area contributed by atoms with Crippen molar-refractivity contribution in [2.45, 2.75) is 40.0 Å². The lowest BCUT2D eigenvalue weighted by atomic mass is 9.64. The second-order valence-corrected chi connectivity index (χ2v) is 5.67. The summed E-state index contributed by atoms with van der Waals surface area (Å²) in [5.41, 5.74) is 2.57. The van der Waals surface area contributed by atoms with Crippen LogP contribution in [0.5, 0.6) is 0 Å². The number of carbonyl (C=O) groups is 1. The van der Waals surface area contributed by atoms with Crippen LogP contribution >= 0.6 is 0 Å². The molecule has 0 spiro atoms. The van der Waals surface area contributed by atoms with Gasteiger partial charge in [0.15, 0.2) is 0 Å². The van der Waals surface area contributed by atoms with E-state index in [4.69, 9.17) is 0 Å². The predicted octanol–water partition coefficient (Wildman–Crippen LogP) is 3.76. The molecule has 2 rings (SSSR count). The Kier molecular flexibility index (Phi) is 3.32. The van der Waals surface area contributed by atoms with E-state index in [2.05, 4.69) is 32.9 Å². The highest BCUT2D eigenvalue weighted by molar-refractivity contribution is 5.73. The summed E-state index contributed by atoms with van der Waals surface area (Å²) in [7, 11) is 0. The zero-order valence-electron chi connectivity index (χ0n) is 10.6. The molecule has 3 unspecified atom stereocenters. The zero-order chi connectivity index (χ0) is 11.7. The van der Waals surface area contributed by atoms with Crippen molar-refractivity contribution in [1.29, 1.82) is 0 Å². The number of rotatable bonds is 2. The summed E-state index contributed by atoms with van der Waals surface area (Å²) in [6.07, 6.45) is 9.07. The van der Waals surface area contributed by atoms with Gasteiger partial charge in [0.05, 0.1) is 0 Å². The van der Waals surface area contributed by atoms with E-state index in [0.717, 1.165) is 24.2 Å². The number of allylic oxidation sites excluding steroid dienone is 4. The van der Waals surface area contributed by atoms with Crippen LogP contribution in [-0.2, 0) is 4.79 Å². The van der Waals surface area contributed by atoms with Gasteiger partial charge < -0.3 is 0 Å². The van der Waals surface area contributed by atoms with Gasteiger partial charge in [-0.1, -0.05) is 31.6 Å². The fourth-order valence-electron chi connectivity index (χ4n) is 3.36. The highest BCUT2D eigenvalue weighted by Gasteiger charge is 2.35. The average Bonchev–Trinajstić information content (AvgIpc) is 2.28. The molecule has 16 heavy (non-hydrogen) atoms. The van der Waals surface area contributed by atoms with Crippen molar-refractivity contribution in [3.63, 3.8) is 0 Å². The molecule has 0 aliphatic heterocycles.